The van der Waals surface area contributed by atoms with Crippen molar-refractivity contribution in [2.45, 2.75) is 38.6 Å². The van der Waals surface area contributed by atoms with Gasteiger partial charge < -0.3 is 15.5 Å². The fourth-order valence-corrected chi connectivity index (χ4v) is 4.81. The Labute approximate surface area is 172 Å². The van der Waals surface area contributed by atoms with Gasteiger partial charge in [-0.3, -0.25) is 9.78 Å². The Bertz CT molecular complexity index is 915. The highest BCUT2D eigenvalue weighted by molar-refractivity contribution is 5.95. The van der Waals surface area contributed by atoms with Crippen LogP contribution < -0.4 is 15.5 Å². The minimum atomic E-state index is 0.148. The molecule has 0 saturated carbocycles. The predicted octanol–water partition coefficient (Wildman–Crippen LogP) is 2.83. The molecule has 0 spiro atoms. The average molecular weight is 392 g/mol. The van der Waals surface area contributed by atoms with Crippen LogP contribution in [0.4, 0.5) is 5.69 Å². The summed E-state index contributed by atoms with van der Waals surface area (Å²) in [6, 6.07) is 10.2. The summed E-state index contributed by atoms with van der Waals surface area (Å²) in [6.45, 7) is 6.01. The number of benzene rings is 1. The second-order valence-electron chi connectivity index (χ2n) is 8.55. The first-order valence-electron chi connectivity index (χ1n) is 10.7. The molecule has 152 valence electrons. The molecule has 6 heteroatoms. The Kier molecular flexibility index (Phi) is 5.96. The van der Waals surface area contributed by atoms with Crippen molar-refractivity contribution < 1.29 is 4.79 Å². The van der Waals surface area contributed by atoms with Crippen LogP contribution in [0.1, 0.15) is 38.2 Å². The van der Waals surface area contributed by atoms with Crippen LogP contribution in [0.3, 0.4) is 0 Å². The van der Waals surface area contributed by atoms with E-state index in [1.807, 2.05) is 24.3 Å². The van der Waals surface area contributed by atoms with Gasteiger partial charge >= 0.3 is 0 Å². The summed E-state index contributed by atoms with van der Waals surface area (Å²) >= 11 is 0. The Balaban J connectivity index is 1.49. The Morgan fingerprint density at radius 2 is 2.14 bits per heavy atom. The van der Waals surface area contributed by atoms with E-state index in [2.05, 4.69) is 33.5 Å². The van der Waals surface area contributed by atoms with Gasteiger partial charge in [0.2, 0.25) is 5.91 Å². The number of rotatable bonds is 4. The largest absolute Gasteiger partial charge is 0.369 e. The van der Waals surface area contributed by atoms with Crippen molar-refractivity contribution in [3.8, 4) is 6.07 Å². The molecule has 1 amide bonds. The summed E-state index contributed by atoms with van der Waals surface area (Å²) in [5.74, 6) is 1.17. The Morgan fingerprint density at radius 1 is 1.31 bits per heavy atom. The van der Waals surface area contributed by atoms with Crippen molar-refractivity contribution in [1.29, 1.82) is 5.26 Å². The zero-order chi connectivity index (χ0) is 20.2. The number of hydrogen-bond acceptors (Lipinski definition) is 5. The third-order valence-electron chi connectivity index (χ3n) is 6.17. The average Bonchev–Trinajstić information content (AvgIpc) is 2.73. The highest BCUT2D eigenvalue weighted by atomic mass is 16.1. The molecule has 2 saturated heterocycles. The Hall–Kier alpha value is -2.65. The first kappa shape index (κ1) is 19.7. The van der Waals surface area contributed by atoms with Gasteiger partial charge in [-0.05, 0) is 68.5 Å². The molecule has 2 aliphatic rings. The van der Waals surface area contributed by atoms with E-state index >= 15 is 0 Å². The quantitative estimate of drug-likeness (QED) is 0.838. The fraction of sp³-hybridized carbons (Fsp3) is 0.522. The van der Waals surface area contributed by atoms with Crippen molar-refractivity contribution >= 4 is 22.5 Å². The smallest absolute Gasteiger partial charge is 0.220 e. The molecule has 4 rings (SSSR count). The van der Waals surface area contributed by atoms with Gasteiger partial charge in [0.25, 0.3) is 0 Å². The van der Waals surface area contributed by atoms with Crippen LogP contribution in [-0.4, -0.2) is 43.1 Å². The highest BCUT2D eigenvalue weighted by Crippen LogP contribution is 2.31. The molecule has 2 aliphatic heterocycles. The van der Waals surface area contributed by atoms with Crippen LogP contribution in [0, 0.1) is 23.2 Å². The number of nitrogens with zero attached hydrogens (tertiary/aromatic N) is 3. The molecule has 0 radical (unpaired) electrons. The number of nitrogens with one attached hydrogen (secondary N) is 2. The lowest BCUT2D eigenvalue weighted by molar-refractivity contribution is -0.123. The van der Waals surface area contributed by atoms with Crippen LogP contribution in [-0.2, 0) is 4.79 Å². The van der Waals surface area contributed by atoms with E-state index in [0.29, 0.717) is 23.8 Å². The minimum Gasteiger partial charge on any atom is -0.369 e. The summed E-state index contributed by atoms with van der Waals surface area (Å²) in [4.78, 5) is 19.4. The number of carbonyl (C=O) groups excluding carboxylic acids is 1. The van der Waals surface area contributed by atoms with Crippen molar-refractivity contribution in [1.82, 2.24) is 15.6 Å². The molecule has 0 aliphatic carbocycles. The number of pyridine rings is 1. The summed E-state index contributed by atoms with van der Waals surface area (Å²) in [5.41, 5.74) is 2.44. The van der Waals surface area contributed by atoms with Gasteiger partial charge in [-0.15, -0.1) is 0 Å². The molecule has 0 unspecified atom stereocenters. The third-order valence-corrected chi connectivity index (χ3v) is 6.17. The number of fused-ring (bicyclic) bond motifs is 1. The molecule has 29 heavy (non-hydrogen) atoms. The molecule has 2 aromatic rings. The van der Waals surface area contributed by atoms with Gasteiger partial charge in [0.05, 0.1) is 11.1 Å². The molecule has 6 nitrogen and oxygen atoms in total. The number of piperidine rings is 2. The first-order valence-corrected chi connectivity index (χ1v) is 10.7. The fourth-order valence-electron chi connectivity index (χ4n) is 4.81. The van der Waals surface area contributed by atoms with E-state index < -0.39 is 0 Å². The highest BCUT2D eigenvalue weighted by Gasteiger charge is 2.28. The number of hydrogen-bond donors (Lipinski definition) is 2. The number of anilines is 1. The number of carbonyl (C=O) groups is 1. The van der Waals surface area contributed by atoms with E-state index in [0.717, 1.165) is 62.0 Å². The molecule has 3 heterocycles. The molecule has 2 N–H and O–H groups in total. The van der Waals surface area contributed by atoms with Crippen molar-refractivity contribution in [3.05, 3.63) is 36.0 Å². The van der Waals surface area contributed by atoms with Gasteiger partial charge in [-0.1, -0.05) is 6.92 Å². The normalized spacial score (nSPS) is 23.0. The van der Waals surface area contributed by atoms with E-state index in [9.17, 15) is 10.1 Å². The third kappa shape index (κ3) is 4.51. The molecule has 2 fully saturated rings. The molecule has 1 aromatic carbocycles. The number of aromatic nitrogens is 1. The first-order chi connectivity index (χ1) is 14.1. The van der Waals surface area contributed by atoms with E-state index in [4.69, 9.17) is 0 Å². The van der Waals surface area contributed by atoms with Crippen LogP contribution in [0.5, 0.6) is 0 Å². The zero-order valence-electron chi connectivity index (χ0n) is 17.0. The van der Waals surface area contributed by atoms with Gasteiger partial charge in [-0.25, -0.2) is 0 Å². The Morgan fingerprint density at radius 3 is 2.93 bits per heavy atom. The maximum absolute atomic E-state index is 12.6. The lowest BCUT2D eigenvalue weighted by atomic mass is 9.92. The van der Waals surface area contributed by atoms with Crippen molar-refractivity contribution in [2.24, 2.45) is 11.8 Å². The SMILES string of the molecule is C[C@H]1C[C@@H](NC(=O)CC2CCNCC2)CN(c2ccc(C#N)c3ncccc23)C1. The monoisotopic (exact) mass is 391 g/mol. The van der Waals surface area contributed by atoms with Gasteiger partial charge in [-0.2, -0.15) is 5.26 Å². The second-order valence-corrected chi connectivity index (χ2v) is 8.55. The van der Waals surface area contributed by atoms with Crippen molar-refractivity contribution in [2.75, 3.05) is 31.1 Å². The van der Waals surface area contributed by atoms with Crippen LogP contribution in [0.25, 0.3) is 10.9 Å². The molecule has 2 atom stereocenters. The summed E-state index contributed by atoms with van der Waals surface area (Å²) in [5, 5.41) is 17.1. The molecule has 1 aromatic heterocycles. The second kappa shape index (κ2) is 8.79. The number of nitriles is 1. The van der Waals surface area contributed by atoms with E-state index in [1.54, 1.807) is 6.20 Å². The summed E-state index contributed by atoms with van der Waals surface area (Å²) in [7, 11) is 0. The van der Waals surface area contributed by atoms with Gasteiger partial charge in [0.1, 0.15) is 6.07 Å². The van der Waals surface area contributed by atoms with Crippen LogP contribution in [0.2, 0.25) is 0 Å². The van der Waals surface area contributed by atoms with Gasteiger partial charge in [0.15, 0.2) is 0 Å². The lowest BCUT2D eigenvalue weighted by Crippen LogP contribution is -2.51. The predicted molar refractivity (Wildman–Crippen MR) is 115 cm³/mol. The van der Waals surface area contributed by atoms with Crippen molar-refractivity contribution in [3.63, 3.8) is 0 Å². The topological polar surface area (TPSA) is 81.0 Å². The molecular weight excluding hydrogens is 362 g/mol. The van der Waals surface area contributed by atoms with Gasteiger partial charge in [0, 0.05) is 42.8 Å². The maximum Gasteiger partial charge on any atom is 0.220 e. The summed E-state index contributed by atoms with van der Waals surface area (Å²) < 4.78 is 0. The summed E-state index contributed by atoms with van der Waals surface area (Å²) in [6.07, 6.45) is 5.54. The minimum absolute atomic E-state index is 0.148. The molecule has 0 bridgehead atoms. The lowest BCUT2D eigenvalue weighted by Gasteiger charge is -2.39. The van der Waals surface area contributed by atoms with Crippen LogP contribution >= 0.6 is 0 Å². The number of amides is 1. The van der Waals surface area contributed by atoms with Crippen LogP contribution in [0.15, 0.2) is 30.5 Å². The van der Waals surface area contributed by atoms with E-state index in [1.165, 1.54) is 0 Å². The standard InChI is InChI=1S/C23H29N5O/c1-16-11-19(27-22(29)12-17-6-9-25-10-7-17)15-28(14-16)21-5-4-18(13-24)23-20(21)3-2-8-26-23/h2-5,8,16-17,19,25H,6-7,9-12,14-15H2,1H3,(H,27,29)/t16-,19+/m0/s1. The molecular formula is C23H29N5O. The van der Waals surface area contributed by atoms with E-state index in [-0.39, 0.29) is 11.9 Å². The zero-order valence-corrected chi connectivity index (χ0v) is 17.0. The maximum atomic E-state index is 12.6.